The molecule has 0 bridgehead atoms. The van der Waals surface area contributed by atoms with Crippen LogP contribution in [-0.4, -0.2) is 22.6 Å². The molecule has 0 aliphatic heterocycles. The summed E-state index contributed by atoms with van der Waals surface area (Å²) in [4.78, 5) is 15.4. The average molecular weight is 261 g/mol. The van der Waals surface area contributed by atoms with E-state index < -0.39 is 11.9 Å². The molecule has 1 aromatic rings. The van der Waals surface area contributed by atoms with Crippen LogP contribution in [0.4, 0.5) is 5.82 Å². The topological polar surface area (TPSA) is 86.0 Å². The Morgan fingerprint density at radius 1 is 1.53 bits per heavy atom. The second kappa shape index (κ2) is 6.74. The Morgan fingerprint density at radius 3 is 2.74 bits per heavy atom. The summed E-state index contributed by atoms with van der Waals surface area (Å²) in [5.41, 5.74) is 1.22. The number of nitriles is 1. The number of hydrogen-bond donors (Lipinski definition) is 2. The molecule has 0 saturated heterocycles. The maximum Gasteiger partial charge on any atom is 0.308 e. The van der Waals surface area contributed by atoms with Gasteiger partial charge in [0.1, 0.15) is 11.9 Å². The van der Waals surface area contributed by atoms with E-state index in [1.807, 2.05) is 26.8 Å². The number of nitrogens with zero attached hydrogens (tertiary/aromatic N) is 2. The summed E-state index contributed by atoms with van der Waals surface area (Å²) in [5, 5.41) is 21.1. The minimum atomic E-state index is -0.827. The van der Waals surface area contributed by atoms with Crippen molar-refractivity contribution in [3.8, 4) is 6.07 Å². The summed E-state index contributed by atoms with van der Waals surface area (Å²) < 4.78 is 0. The number of carbonyl (C=O) groups is 1. The first-order chi connectivity index (χ1) is 8.93. The third-order valence-corrected chi connectivity index (χ3v) is 2.78. The second-order valence-electron chi connectivity index (χ2n) is 5.01. The van der Waals surface area contributed by atoms with Crippen LogP contribution in [0.5, 0.6) is 0 Å². The number of rotatable bonds is 6. The number of hydrogen-bond acceptors (Lipinski definition) is 4. The molecule has 0 spiro atoms. The predicted molar refractivity (Wildman–Crippen MR) is 72.8 cm³/mol. The molecule has 1 unspecified atom stereocenters. The number of aromatic nitrogens is 1. The van der Waals surface area contributed by atoms with Gasteiger partial charge in [0.25, 0.3) is 0 Å². The van der Waals surface area contributed by atoms with Gasteiger partial charge >= 0.3 is 5.97 Å². The van der Waals surface area contributed by atoms with Gasteiger partial charge in [0.15, 0.2) is 0 Å². The standard InChI is InChI=1S/C14H19N3O2/c1-9(2)6-12(14(18)19)8-16-13-11(7-15)5-4-10(3)17-13/h4-5,9,12H,6,8H2,1-3H3,(H,16,17)(H,18,19). The number of aliphatic carboxylic acids is 1. The molecule has 0 fully saturated rings. The number of anilines is 1. The van der Waals surface area contributed by atoms with Gasteiger partial charge in [-0.05, 0) is 31.4 Å². The van der Waals surface area contributed by atoms with Gasteiger partial charge in [0.05, 0.1) is 11.5 Å². The summed E-state index contributed by atoms with van der Waals surface area (Å²) in [7, 11) is 0. The number of aryl methyl sites for hydroxylation is 1. The van der Waals surface area contributed by atoms with Crippen molar-refractivity contribution in [2.24, 2.45) is 11.8 Å². The Morgan fingerprint density at radius 2 is 2.21 bits per heavy atom. The van der Waals surface area contributed by atoms with Crippen molar-refractivity contribution in [3.63, 3.8) is 0 Å². The highest BCUT2D eigenvalue weighted by Gasteiger charge is 2.19. The molecular formula is C14H19N3O2. The summed E-state index contributed by atoms with van der Waals surface area (Å²) in [6, 6.07) is 5.48. The number of nitrogens with one attached hydrogen (secondary N) is 1. The van der Waals surface area contributed by atoms with E-state index in [0.29, 0.717) is 23.7 Å². The van der Waals surface area contributed by atoms with Crippen LogP contribution >= 0.6 is 0 Å². The van der Waals surface area contributed by atoms with E-state index in [9.17, 15) is 4.79 Å². The van der Waals surface area contributed by atoms with Gasteiger partial charge in [0, 0.05) is 12.2 Å². The molecule has 1 atom stereocenters. The van der Waals surface area contributed by atoms with Gasteiger partial charge in [-0.15, -0.1) is 0 Å². The van der Waals surface area contributed by atoms with Crippen molar-refractivity contribution >= 4 is 11.8 Å². The van der Waals surface area contributed by atoms with E-state index in [-0.39, 0.29) is 6.54 Å². The van der Waals surface area contributed by atoms with Gasteiger partial charge in [-0.1, -0.05) is 13.8 Å². The van der Waals surface area contributed by atoms with Crippen LogP contribution in [0.25, 0.3) is 0 Å². The molecule has 1 heterocycles. The lowest BCUT2D eigenvalue weighted by Gasteiger charge is -2.16. The zero-order valence-corrected chi connectivity index (χ0v) is 11.5. The van der Waals surface area contributed by atoms with Crippen molar-refractivity contribution in [2.45, 2.75) is 27.2 Å². The second-order valence-corrected chi connectivity index (χ2v) is 5.01. The van der Waals surface area contributed by atoms with E-state index in [1.165, 1.54) is 0 Å². The van der Waals surface area contributed by atoms with Gasteiger partial charge in [-0.3, -0.25) is 4.79 Å². The minimum absolute atomic E-state index is 0.276. The smallest absolute Gasteiger partial charge is 0.308 e. The average Bonchev–Trinajstić information content (AvgIpc) is 2.34. The van der Waals surface area contributed by atoms with Crippen LogP contribution in [-0.2, 0) is 4.79 Å². The first-order valence-corrected chi connectivity index (χ1v) is 6.28. The molecule has 0 aliphatic carbocycles. The first-order valence-electron chi connectivity index (χ1n) is 6.28. The lowest BCUT2D eigenvalue weighted by Crippen LogP contribution is -2.25. The lowest BCUT2D eigenvalue weighted by molar-refractivity contribution is -0.141. The molecule has 19 heavy (non-hydrogen) atoms. The van der Waals surface area contributed by atoms with Gasteiger partial charge < -0.3 is 10.4 Å². The highest BCUT2D eigenvalue weighted by Crippen LogP contribution is 2.16. The summed E-state index contributed by atoms with van der Waals surface area (Å²) in [5.74, 6) is -0.539. The van der Waals surface area contributed by atoms with E-state index >= 15 is 0 Å². The molecule has 0 aromatic carbocycles. The van der Waals surface area contributed by atoms with Crippen molar-refractivity contribution in [3.05, 3.63) is 23.4 Å². The fourth-order valence-corrected chi connectivity index (χ4v) is 1.84. The SMILES string of the molecule is Cc1ccc(C#N)c(NCC(CC(C)C)C(=O)O)n1. The molecular weight excluding hydrogens is 242 g/mol. The maximum absolute atomic E-state index is 11.2. The van der Waals surface area contributed by atoms with E-state index in [1.54, 1.807) is 12.1 Å². The van der Waals surface area contributed by atoms with Crippen molar-refractivity contribution in [2.75, 3.05) is 11.9 Å². The minimum Gasteiger partial charge on any atom is -0.481 e. The van der Waals surface area contributed by atoms with Crippen LogP contribution in [0.1, 0.15) is 31.5 Å². The molecule has 5 nitrogen and oxygen atoms in total. The van der Waals surface area contributed by atoms with Gasteiger partial charge in [-0.2, -0.15) is 5.26 Å². The van der Waals surface area contributed by atoms with Crippen LogP contribution in [0, 0.1) is 30.1 Å². The normalized spacial score (nSPS) is 11.9. The monoisotopic (exact) mass is 261 g/mol. The molecule has 1 aromatic heterocycles. The van der Waals surface area contributed by atoms with Crippen LogP contribution in [0.15, 0.2) is 12.1 Å². The fourth-order valence-electron chi connectivity index (χ4n) is 1.84. The highest BCUT2D eigenvalue weighted by atomic mass is 16.4. The zero-order valence-electron chi connectivity index (χ0n) is 11.5. The number of carboxylic acid groups (broad SMARTS) is 1. The largest absolute Gasteiger partial charge is 0.481 e. The quantitative estimate of drug-likeness (QED) is 0.821. The predicted octanol–water partition coefficient (Wildman–Crippen LogP) is 2.42. The van der Waals surface area contributed by atoms with Crippen molar-refractivity contribution in [1.82, 2.24) is 4.98 Å². The number of pyridine rings is 1. The van der Waals surface area contributed by atoms with Crippen molar-refractivity contribution < 1.29 is 9.90 Å². The molecule has 5 heteroatoms. The fraction of sp³-hybridized carbons (Fsp3) is 0.500. The van der Waals surface area contributed by atoms with E-state index in [4.69, 9.17) is 10.4 Å². The molecule has 102 valence electrons. The summed E-state index contributed by atoms with van der Waals surface area (Å²) in [6.07, 6.45) is 0.593. The van der Waals surface area contributed by atoms with E-state index in [2.05, 4.69) is 10.3 Å². The molecule has 0 radical (unpaired) electrons. The molecule has 1 rings (SSSR count). The summed E-state index contributed by atoms with van der Waals surface area (Å²) >= 11 is 0. The van der Waals surface area contributed by atoms with Crippen LogP contribution in [0.2, 0.25) is 0 Å². The molecule has 0 aliphatic rings. The Balaban J connectivity index is 2.77. The van der Waals surface area contributed by atoms with E-state index in [0.717, 1.165) is 5.69 Å². The lowest BCUT2D eigenvalue weighted by atomic mass is 9.97. The third kappa shape index (κ3) is 4.59. The Bertz CT molecular complexity index is 492. The van der Waals surface area contributed by atoms with Crippen molar-refractivity contribution in [1.29, 1.82) is 5.26 Å². The summed E-state index contributed by atoms with van der Waals surface area (Å²) in [6.45, 7) is 6.08. The molecule has 0 saturated carbocycles. The molecule has 2 N–H and O–H groups in total. The Hall–Kier alpha value is -2.09. The highest BCUT2D eigenvalue weighted by molar-refractivity contribution is 5.71. The third-order valence-electron chi connectivity index (χ3n) is 2.78. The maximum atomic E-state index is 11.2. The first kappa shape index (κ1) is 15.0. The Kier molecular flexibility index (Phi) is 5.31. The van der Waals surface area contributed by atoms with Gasteiger partial charge in [-0.25, -0.2) is 4.98 Å². The molecule has 0 amide bonds. The van der Waals surface area contributed by atoms with Crippen LogP contribution < -0.4 is 5.32 Å². The van der Waals surface area contributed by atoms with Gasteiger partial charge in [0.2, 0.25) is 0 Å². The Labute approximate surface area is 113 Å². The number of carboxylic acids is 1. The van der Waals surface area contributed by atoms with Crippen LogP contribution in [0.3, 0.4) is 0 Å². The zero-order chi connectivity index (χ0) is 14.4.